The number of aromatic nitrogens is 2. The fourth-order valence-electron chi connectivity index (χ4n) is 1.83. The van der Waals surface area contributed by atoms with Crippen LogP contribution in [0.1, 0.15) is 33.3 Å². The number of carbonyl (C=O) groups excluding carboxylic acids is 1. The van der Waals surface area contributed by atoms with E-state index in [9.17, 15) is 4.79 Å². The van der Waals surface area contributed by atoms with Crippen LogP contribution in [0.5, 0.6) is 0 Å². The van der Waals surface area contributed by atoms with E-state index >= 15 is 0 Å². The number of hydrogen-bond donors (Lipinski definition) is 3. The molecule has 1 heterocycles. The monoisotopic (exact) mass is 308 g/mol. The molecule has 0 bridgehead atoms. The zero-order valence-electron chi connectivity index (χ0n) is 14.2. The molecule has 0 aliphatic carbocycles. The molecule has 0 atom stereocenters. The summed E-state index contributed by atoms with van der Waals surface area (Å²) in [6, 6.07) is 0. The molecular formula is C15H28N6O. The first-order valence-corrected chi connectivity index (χ1v) is 7.62. The second kappa shape index (κ2) is 8.41. The standard InChI is InChI=1S/C15H28N6O/c1-6-16-14(18-10-13(22)20-15(3,4)5)17-7-8-21-11-12(2)9-19-21/h9,11H,6-8,10H2,1-5H3,(H,20,22)(H2,16,17,18). The molecule has 0 saturated heterocycles. The molecule has 1 amide bonds. The van der Waals surface area contributed by atoms with Crippen molar-refractivity contribution >= 4 is 11.9 Å². The number of aryl methyl sites for hydroxylation is 1. The molecule has 1 aromatic rings. The van der Waals surface area contributed by atoms with Gasteiger partial charge in [0.15, 0.2) is 5.96 Å². The third-order valence-electron chi connectivity index (χ3n) is 2.64. The maximum atomic E-state index is 11.8. The molecule has 1 aromatic heterocycles. The lowest BCUT2D eigenvalue weighted by molar-refractivity contribution is -0.121. The van der Waals surface area contributed by atoms with E-state index in [1.165, 1.54) is 0 Å². The number of carbonyl (C=O) groups is 1. The van der Waals surface area contributed by atoms with Gasteiger partial charge in [0.2, 0.25) is 5.91 Å². The highest BCUT2D eigenvalue weighted by molar-refractivity contribution is 5.85. The van der Waals surface area contributed by atoms with Crippen molar-refractivity contribution in [2.75, 3.05) is 19.6 Å². The fourth-order valence-corrected chi connectivity index (χ4v) is 1.83. The molecule has 0 saturated carbocycles. The van der Waals surface area contributed by atoms with Gasteiger partial charge in [0.25, 0.3) is 0 Å². The molecule has 22 heavy (non-hydrogen) atoms. The van der Waals surface area contributed by atoms with Gasteiger partial charge < -0.3 is 16.0 Å². The van der Waals surface area contributed by atoms with Crippen molar-refractivity contribution < 1.29 is 4.79 Å². The maximum Gasteiger partial charge on any atom is 0.242 e. The molecule has 0 unspecified atom stereocenters. The van der Waals surface area contributed by atoms with Crippen molar-refractivity contribution in [3.8, 4) is 0 Å². The van der Waals surface area contributed by atoms with E-state index in [1.54, 1.807) is 0 Å². The molecule has 3 N–H and O–H groups in total. The van der Waals surface area contributed by atoms with Gasteiger partial charge in [-0.25, -0.2) is 4.99 Å². The lowest BCUT2D eigenvalue weighted by Gasteiger charge is -2.20. The van der Waals surface area contributed by atoms with Crippen LogP contribution in [-0.2, 0) is 11.3 Å². The Morgan fingerprint density at radius 1 is 1.36 bits per heavy atom. The minimum atomic E-state index is -0.240. The van der Waals surface area contributed by atoms with Gasteiger partial charge in [0.05, 0.1) is 12.7 Å². The van der Waals surface area contributed by atoms with Crippen molar-refractivity contribution in [1.29, 1.82) is 0 Å². The summed E-state index contributed by atoms with van der Waals surface area (Å²) in [5, 5.41) is 13.4. The zero-order valence-corrected chi connectivity index (χ0v) is 14.2. The first-order chi connectivity index (χ1) is 10.3. The Morgan fingerprint density at radius 3 is 2.64 bits per heavy atom. The highest BCUT2D eigenvalue weighted by atomic mass is 16.2. The second-order valence-corrected chi connectivity index (χ2v) is 6.20. The van der Waals surface area contributed by atoms with Crippen LogP contribution in [0, 0.1) is 6.92 Å². The maximum absolute atomic E-state index is 11.8. The van der Waals surface area contributed by atoms with Crippen LogP contribution < -0.4 is 16.0 Å². The normalized spacial score (nSPS) is 12.1. The Hall–Kier alpha value is -2.05. The van der Waals surface area contributed by atoms with Crippen LogP contribution in [0.2, 0.25) is 0 Å². The molecule has 7 heteroatoms. The predicted octanol–water partition coefficient (Wildman–Crippen LogP) is 0.661. The average molecular weight is 308 g/mol. The first-order valence-electron chi connectivity index (χ1n) is 7.62. The summed E-state index contributed by atoms with van der Waals surface area (Å²) in [5.41, 5.74) is 0.899. The van der Waals surface area contributed by atoms with Crippen molar-refractivity contribution in [3.05, 3.63) is 18.0 Å². The van der Waals surface area contributed by atoms with Crippen molar-refractivity contribution in [1.82, 2.24) is 25.7 Å². The molecule has 7 nitrogen and oxygen atoms in total. The average Bonchev–Trinajstić information content (AvgIpc) is 2.80. The van der Waals surface area contributed by atoms with Gasteiger partial charge in [0.1, 0.15) is 6.54 Å². The van der Waals surface area contributed by atoms with E-state index in [-0.39, 0.29) is 18.0 Å². The molecule has 0 aliphatic rings. The summed E-state index contributed by atoms with van der Waals surface area (Å²) in [7, 11) is 0. The highest BCUT2D eigenvalue weighted by Crippen LogP contribution is 1.97. The summed E-state index contributed by atoms with van der Waals surface area (Å²) in [4.78, 5) is 16.1. The minimum absolute atomic E-state index is 0.0904. The summed E-state index contributed by atoms with van der Waals surface area (Å²) in [6.07, 6.45) is 3.82. The van der Waals surface area contributed by atoms with E-state index < -0.39 is 0 Å². The topological polar surface area (TPSA) is 83.3 Å². The molecule has 0 spiro atoms. The van der Waals surface area contributed by atoms with E-state index in [0.29, 0.717) is 12.5 Å². The number of nitrogens with zero attached hydrogens (tertiary/aromatic N) is 3. The largest absolute Gasteiger partial charge is 0.357 e. The van der Waals surface area contributed by atoms with E-state index in [2.05, 4.69) is 26.0 Å². The quantitative estimate of drug-likeness (QED) is 0.532. The lowest BCUT2D eigenvalue weighted by atomic mass is 10.1. The molecule has 0 aliphatic heterocycles. The Bertz CT molecular complexity index is 500. The molecule has 1 rings (SSSR count). The number of aliphatic imine (C=N–C) groups is 1. The van der Waals surface area contributed by atoms with E-state index in [0.717, 1.165) is 18.7 Å². The van der Waals surface area contributed by atoms with Crippen molar-refractivity contribution in [3.63, 3.8) is 0 Å². The van der Waals surface area contributed by atoms with Gasteiger partial charge >= 0.3 is 0 Å². The number of nitrogens with one attached hydrogen (secondary N) is 3. The number of amides is 1. The summed E-state index contributed by atoms with van der Waals surface area (Å²) >= 11 is 0. The van der Waals surface area contributed by atoms with Gasteiger partial charge in [-0.15, -0.1) is 0 Å². The predicted molar refractivity (Wildman–Crippen MR) is 88.8 cm³/mol. The van der Waals surface area contributed by atoms with Crippen LogP contribution >= 0.6 is 0 Å². The van der Waals surface area contributed by atoms with E-state index in [4.69, 9.17) is 0 Å². The Kier molecular flexibility index (Phi) is 6.88. The SMILES string of the molecule is CCNC(=NCC(=O)NC(C)(C)C)NCCn1cc(C)cn1. The smallest absolute Gasteiger partial charge is 0.242 e. The van der Waals surface area contributed by atoms with Crippen molar-refractivity contribution in [2.45, 2.75) is 46.7 Å². The third-order valence-corrected chi connectivity index (χ3v) is 2.64. The summed E-state index contributed by atoms with van der Waals surface area (Å²) < 4.78 is 1.87. The second-order valence-electron chi connectivity index (χ2n) is 6.20. The third kappa shape index (κ3) is 7.66. The van der Waals surface area contributed by atoms with Crippen molar-refractivity contribution in [2.24, 2.45) is 4.99 Å². The number of guanidine groups is 1. The first kappa shape index (κ1) is 18.0. The van der Waals surface area contributed by atoms with Crippen LogP contribution in [0.25, 0.3) is 0 Å². The fraction of sp³-hybridized carbons (Fsp3) is 0.667. The van der Waals surface area contributed by atoms with Crippen LogP contribution in [-0.4, -0.2) is 46.8 Å². The zero-order chi connectivity index (χ0) is 16.6. The van der Waals surface area contributed by atoms with Gasteiger partial charge in [-0.2, -0.15) is 5.10 Å². The van der Waals surface area contributed by atoms with Gasteiger partial charge in [-0.3, -0.25) is 9.48 Å². The lowest BCUT2D eigenvalue weighted by Crippen LogP contribution is -2.43. The Balaban J connectivity index is 2.43. The van der Waals surface area contributed by atoms with Crippen LogP contribution in [0.3, 0.4) is 0 Å². The summed E-state index contributed by atoms with van der Waals surface area (Å²) in [6.45, 7) is 12.1. The highest BCUT2D eigenvalue weighted by Gasteiger charge is 2.13. The van der Waals surface area contributed by atoms with Crippen LogP contribution in [0.15, 0.2) is 17.4 Å². The molecular weight excluding hydrogens is 280 g/mol. The van der Waals surface area contributed by atoms with Gasteiger partial charge in [-0.1, -0.05) is 0 Å². The molecule has 0 aromatic carbocycles. The molecule has 0 fully saturated rings. The Labute approximate surface area is 132 Å². The molecule has 124 valence electrons. The number of hydrogen-bond acceptors (Lipinski definition) is 3. The minimum Gasteiger partial charge on any atom is -0.357 e. The number of rotatable bonds is 6. The van der Waals surface area contributed by atoms with Crippen LogP contribution in [0.4, 0.5) is 0 Å². The Morgan fingerprint density at radius 2 is 2.09 bits per heavy atom. The van der Waals surface area contributed by atoms with Gasteiger partial charge in [-0.05, 0) is 40.2 Å². The van der Waals surface area contributed by atoms with E-state index in [1.807, 2.05) is 51.7 Å². The molecule has 0 radical (unpaired) electrons. The summed E-state index contributed by atoms with van der Waals surface area (Å²) in [5.74, 6) is 0.544. The van der Waals surface area contributed by atoms with Gasteiger partial charge in [0, 0.05) is 24.8 Å².